The smallest absolute Gasteiger partial charge is 0.241 e. The Bertz CT molecular complexity index is 445. The molecule has 82 valence electrons. The summed E-state index contributed by atoms with van der Waals surface area (Å²) in [7, 11) is -3.85. The van der Waals surface area contributed by atoms with Gasteiger partial charge in [0.15, 0.2) is 5.82 Å². The van der Waals surface area contributed by atoms with Crippen molar-refractivity contribution < 1.29 is 12.8 Å². The molecule has 0 aliphatic carbocycles. The first kappa shape index (κ1) is 11.8. The van der Waals surface area contributed by atoms with Crippen LogP contribution in [0, 0.1) is 5.82 Å². The molecule has 0 saturated carbocycles. The van der Waals surface area contributed by atoms with Crippen molar-refractivity contribution in [2.45, 2.75) is 11.4 Å². The van der Waals surface area contributed by atoms with Gasteiger partial charge in [-0.05, 0) is 18.6 Å². The number of hydrogen-bond acceptors (Lipinski definition) is 3. The van der Waals surface area contributed by atoms with E-state index < -0.39 is 20.9 Å². The number of nitrogens with zero attached hydrogens (tertiary/aromatic N) is 1. The molecule has 0 unspecified atom stereocenters. The number of hydrogen-bond donors (Lipinski definition) is 1. The molecule has 0 radical (unpaired) electrons. The highest BCUT2D eigenvalue weighted by atomic mass is 32.2. The van der Waals surface area contributed by atoms with Crippen LogP contribution < -0.4 is 4.72 Å². The largest absolute Gasteiger partial charge is 0.261 e. The van der Waals surface area contributed by atoms with E-state index in [1.54, 1.807) is 6.08 Å². The van der Waals surface area contributed by atoms with Crippen LogP contribution in [0.25, 0.3) is 0 Å². The Balaban J connectivity index is 2.87. The van der Waals surface area contributed by atoms with Crippen LogP contribution in [-0.2, 0) is 10.0 Å². The van der Waals surface area contributed by atoms with Crippen molar-refractivity contribution in [3.63, 3.8) is 0 Å². The third kappa shape index (κ3) is 3.10. The standard InChI is InChI=1S/C9H11FN2O2S/c1-2-3-7-12-15(13,14)9-8(10)5-4-6-11-9/h2,4-6,12H,1,3,7H2. The predicted molar refractivity (Wildman–Crippen MR) is 54.2 cm³/mol. The van der Waals surface area contributed by atoms with E-state index in [1.165, 1.54) is 12.3 Å². The van der Waals surface area contributed by atoms with Gasteiger partial charge in [-0.1, -0.05) is 6.08 Å². The summed E-state index contributed by atoms with van der Waals surface area (Å²) in [6.45, 7) is 3.63. The summed E-state index contributed by atoms with van der Waals surface area (Å²) in [5, 5.41) is -0.575. The lowest BCUT2D eigenvalue weighted by atomic mass is 10.4. The van der Waals surface area contributed by atoms with Gasteiger partial charge in [0.1, 0.15) is 0 Å². The molecule has 1 aromatic heterocycles. The van der Waals surface area contributed by atoms with Gasteiger partial charge in [0.25, 0.3) is 10.0 Å². The maximum Gasteiger partial charge on any atom is 0.261 e. The van der Waals surface area contributed by atoms with Crippen molar-refractivity contribution in [3.05, 3.63) is 36.8 Å². The van der Waals surface area contributed by atoms with Gasteiger partial charge in [-0.15, -0.1) is 6.58 Å². The number of aromatic nitrogens is 1. The van der Waals surface area contributed by atoms with Crippen LogP contribution in [0.1, 0.15) is 6.42 Å². The van der Waals surface area contributed by atoms with E-state index in [2.05, 4.69) is 16.3 Å². The van der Waals surface area contributed by atoms with Crippen molar-refractivity contribution >= 4 is 10.0 Å². The quantitative estimate of drug-likeness (QED) is 0.608. The summed E-state index contributed by atoms with van der Waals surface area (Å²) >= 11 is 0. The molecule has 0 aromatic carbocycles. The Morgan fingerprint density at radius 1 is 1.60 bits per heavy atom. The topological polar surface area (TPSA) is 59.1 Å². The highest BCUT2D eigenvalue weighted by Gasteiger charge is 2.19. The van der Waals surface area contributed by atoms with Crippen LogP contribution in [-0.4, -0.2) is 19.9 Å². The second-order valence-electron chi connectivity index (χ2n) is 2.77. The van der Waals surface area contributed by atoms with Gasteiger partial charge in [-0.3, -0.25) is 0 Å². The molecule has 1 rings (SSSR count). The Morgan fingerprint density at radius 3 is 2.93 bits per heavy atom. The summed E-state index contributed by atoms with van der Waals surface area (Å²) in [4.78, 5) is 3.48. The molecule has 0 amide bonds. The molecule has 0 bridgehead atoms. The third-order valence-electron chi connectivity index (χ3n) is 1.62. The zero-order chi connectivity index (χ0) is 11.3. The van der Waals surface area contributed by atoms with E-state index in [0.29, 0.717) is 6.42 Å². The highest BCUT2D eigenvalue weighted by Crippen LogP contribution is 2.09. The van der Waals surface area contributed by atoms with Gasteiger partial charge in [0.2, 0.25) is 5.03 Å². The van der Waals surface area contributed by atoms with E-state index in [4.69, 9.17) is 0 Å². The monoisotopic (exact) mass is 230 g/mol. The van der Waals surface area contributed by atoms with Gasteiger partial charge in [-0.25, -0.2) is 22.5 Å². The summed E-state index contributed by atoms with van der Waals surface area (Å²) in [5.41, 5.74) is 0. The fourth-order valence-corrected chi connectivity index (χ4v) is 1.98. The Hall–Kier alpha value is -1.27. The van der Waals surface area contributed by atoms with Gasteiger partial charge in [0, 0.05) is 12.7 Å². The lowest BCUT2D eigenvalue weighted by Crippen LogP contribution is -2.26. The fraction of sp³-hybridized carbons (Fsp3) is 0.222. The highest BCUT2D eigenvalue weighted by molar-refractivity contribution is 7.89. The van der Waals surface area contributed by atoms with E-state index in [9.17, 15) is 12.8 Å². The molecular weight excluding hydrogens is 219 g/mol. The molecule has 0 saturated heterocycles. The fourth-order valence-electron chi connectivity index (χ4n) is 0.933. The van der Waals surface area contributed by atoms with Crippen LogP contribution >= 0.6 is 0 Å². The summed E-state index contributed by atoms with van der Waals surface area (Å²) in [6.07, 6.45) is 3.27. The first-order valence-corrected chi connectivity index (χ1v) is 5.77. The molecular formula is C9H11FN2O2S. The molecule has 0 aliphatic rings. The Labute approximate surface area is 87.9 Å². The number of pyridine rings is 1. The van der Waals surface area contributed by atoms with Gasteiger partial charge in [0.05, 0.1) is 0 Å². The second-order valence-corrected chi connectivity index (χ2v) is 4.45. The summed E-state index contributed by atoms with van der Waals surface area (Å²) < 4.78 is 38.3. The number of sulfonamides is 1. The van der Waals surface area contributed by atoms with Gasteiger partial charge < -0.3 is 0 Å². The minimum absolute atomic E-state index is 0.182. The van der Waals surface area contributed by atoms with Crippen LogP contribution in [0.5, 0.6) is 0 Å². The first-order valence-electron chi connectivity index (χ1n) is 4.29. The predicted octanol–water partition coefficient (Wildman–Crippen LogP) is 1.08. The van der Waals surface area contributed by atoms with Crippen LogP contribution in [0.3, 0.4) is 0 Å². The van der Waals surface area contributed by atoms with E-state index >= 15 is 0 Å². The van der Waals surface area contributed by atoms with Crippen LogP contribution in [0.2, 0.25) is 0 Å². The van der Waals surface area contributed by atoms with Crippen molar-refractivity contribution in [3.8, 4) is 0 Å². The Kier molecular flexibility index (Phi) is 3.93. The summed E-state index contributed by atoms with van der Waals surface area (Å²) in [6, 6.07) is 2.38. The second kappa shape index (κ2) is 4.99. The van der Waals surface area contributed by atoms with Crippen molar-refractivity contribution in [2.24, 2.45) is 0 Å². The van der Waals surface area contributed by atoms with Gasteiger partial charge in [-0.2, -0.15) is 0 Å². The molecule has 0 fully saturated rings. The average molecular weight is 230 g/mol. The number of nitrogens with one attached hydrogen (secondary N) is 1. The zero-order valence-corrected chi connectivity index (χ0v) is 8.80. The molecule has 6 heteroatoms. The molecule has 1 aromatic rings. The van der Waals surface area contributed by atoms with Crippen molar-refractivity contribution in [1.82, 2.24) is 9.71 Å². The maximum absolute atomic E-state index is 13.1. The molecule has 0 spiro atoms. The molecule has 1 N–H and O–H groups in total. The molecule has 1 heterocycles. The molecule has 4 nitrogen and oxygen atoms in total. The molecule has 0 atom stereocenters. The first-order chi connectivity index (χ1) is 7.08. The van der Waals surface area contributed by atoms with Crippen molar-refractivity contribution in [2.75, 3.05) is 6.54 Å². The molecule has 0 aliphatic heterocycles. The zero-order valence-electron chi connectivity index (χ0n) is 7.98. The SMILES string of the molecule is C=CCCNS(=O)(=O)c1ncccc1F. The lowest BCUT2D eigenvalue weighted by molar-refractivity contribution is 0.545. The van der Waals surface area contributed by atoms with E-state index in [-0.39, 0.29) is 6.54 Å². The van der Waals surface area contributed by atoms with E-state index in [0.717, 1.165) is 6.07 Å². The van der Waals surface area contributed by atoms with E-state index in [1.807, 2.05) is 0 Å². The lowest BCUT2D eigenvalue weighted by Gasteiger charge is -2.04. The summed E-state index contributed by atoms with van der Waals surface area (Å²) in [5.74, 6) is -0.858. The molecule has 15 heavy (non-hydrogen) atoms. The minimum atomic E-state index is -3.85. The van der Waals surface area contributed by atoms with Crippen LogP contribution in [0.15, 0.2) is 36.0 Å². The van der Waals surface area contributed by atoms with Crippen molar-refractivity contribution in [1.29, 1.82) is 0 Å². The van der Waals surface area contributed by atoms with Crippen LogP contribution in [0.4, 0.5) is 4.39 Å². The Morgan fingerprint density at radius 2 is 2.33 bits per heavy atom. The minimum Gasteiger partial charge on any atom is -0.241 e. The number of halogens is 1. The maximum atomic E-state index is 13.1. The third-order valence-corrected chi connectivity index (χ3v) is 3.01. The average Bonchev–Trinajstić information content (AvgIpc) is 2.18. The number of rotatable bonds is 5. The van der Waals surface area contributed by atoms with Gasteiger partial charge >= 0.3 is 0 Å². The normalized spacial score (nSPS) is 11.3.